The van der Waals surface area contributed by atoms with Gasteiger partial charge in [0.05, 0.1) is 5.56 Å². The highest BCUT2D eigenvalue weighted by Gasteiger charge is 2.35. The molecule has 1 rings (SSSR count). The van der Waals surface area contributed by atoms with Crippen molar-refractivity contribution in [3.05, 3.63) is 46.0 Å². The highest BCUT2D eigenvalue weighted by molar-refractivity contribution is 9.10. The summed E-state index contributed by atoms with van der Waals surface area (Å²) in [5.74, 6) is 5.38. The molecule has 0 heterocycles. The maximum absolute atomic E-state index is 13.0. The van der Waals surface area contributed by atoms with Gasteiger partial charge < -0.3 is 0 Å². The van der Waals surface area contributed by atoms with E-state index in [4.69, 9.17) is 5.84 Å². The SMILES string of the molecule is C=C(C)CCC(NN)c1ccc(Br)cc1C(F)(F)F. The lowest BCUT2D eigenvalue weighted by Gasteiger charge is -2.21. The molecule has 0 fully saturated rings. The molecular weight excluding hydrogens is 321 g/mol. The number of benzene rings is 1. The fraction of sp³-hybridized carbons (Fsp3) is 0.385. The Kier molecular flexibility index (Phi) is 5.58. The highest BCUT2D eigenvalue weighted by atomic mass is 79.9. The van der Waals surface area contributed by atoms with Crippen molar-refractivity contribution in [2.24, 2.45) is 5.84 Å². The largest absolute Gasteiger partial charge is 0.416 e. The first-order chi connectivity index (χ1) is 8.75. The van der Waals surface area contributed by atoms with Crippen LogP contribution in [0.25, 0.3) is 0 Å². The van der Waals surface area contributed by atoms with Crippen LogP contribution < -0.4 is 11.3 Å². The zero-order valence-electron chi connectivity index (χ0n) is 10.5. The van der Waals surface area contributed by atoms with Gasteiger partial charge in [-0.3, -0.25) is 11.3 Å². The van der Waals surface area contributed by atoms with Crippen LogP contribution in [0, 0.1) is 0 Å². The summed E-state index contributed by atoms with van der Waals surface area (Å²) < 4.78 is 39.4. The molecule has 3 N–H and O–H groups in total. The fourth-order valence-electron chi connectivity index (χ4n) is 1.80. The standard InChI is InChI=1S/C13H16BrF3N2/c1-8(2)3-6-12(19-18)10-5-4-9(14)7-11(10)13(15,16)17/h4-5,7,12,19H,1,3,6,18H2,2H3. The first-order valence-corrected chi connectivity index (χ1v) is 6.52. The minimum atomic E-state index is -4.41. The van der Waals surface area contributed by atoms with Crippen molar-refractivity contribution in [2.45, 2.75) is 32.0 Å². The monoisotopic (exact) mass is 336 g/mol. The molecule has 1 aromatic rings. The molecule has 0 saturated heterocycles. The summed E-state index contributed by atoms with van der Waals surface area (Å²) in [6.45, 7) is 5.58. The molecule has 106 valence electrons. The molecule has 1 aromatic carbocycles. The Labute approximate surface area is 119 Å². The summed E-state index contributed by atoms with van der Waals surface area (Å²) in [4.78, 5) is 0. The summed E-state index contributed by atoms with van der Waals surface area (Å²) in [6.07, 6.45) is -3.32. The van der Waals surface area contributed by atoms with Gasteiger partial charge in [-0.1, -0.05) is 27.6 Å². The average Bonchev–Trinajstić information content (AvgIpc) is 2.29. The minimum absolute atomic E-state index is 0.152. The third-order valence-electron chi connectivity index (χ3n) is 2.76. The van der Waals surface area contributed by atoms with Crippen LogP contribution in [0.15, 0.2) is 34.8 Å². The molecule has 19 heavy (non-hydrogen) atoms. The van der Waals surface area contributed by atoms with Crippen LogP contribution in [0.4, 0.5) is 13.2 Å². The summed E-state index contributed by atoms with van der Waals surface area (Å²) >= 11 is 3.06. The van der Waals surface area contributed by atoms with E-state index in [-0.39, 0.29) is 5.56 Å². The topological polar surface area (TPSA) is 38.0 Å². The van der Waals surface area contributed by atoms with Gasteiger partial charge in [0.2, 0.25) is 0 Å². The number of hydrogen-bond donors (Lipinski definition) is 2. The number of nitrogens with two attached hydrogens (primary N) is 1. The maximum Gasteiger partial charge on any atom is 0.416 e. The lowest BCUT2D eigenvalue weighted by molar-refractivity contribution is -0.138. The molecule has 0 radical (unpaired) electrons. The molecule has 0 spiro atoms. The second-order valence-corrected chi connectivity index (χ2v) is 5.36. The van der Waals surface area contributed by atoms with Crippen LogP contribution in [0.5, 0.6) is 0 Å². The highest BCUT2D eigenvalue weighted by Crippen LogP contribution is 2.37. The van der Waals surface area contributed by atoms with Gasteiger partial charge >= 0.3 is 6.18 Å². The van der Waals surface area contributed by atoms with Crippen LogP contribution in [0.2, 0.25) is 0 Å². The molecule has 0 saturated carbocycles. The Morgan fingerprint density at radius 2 is 2.11 bits per heavy atom. The van der Waals surface area contributed by atoms with Crippen molar-refractivity contribution in [2.75, 3.05) is 0 Å². The zero-order valence-corrected chi connectivity index (χ0v) is 12.1. The third-order valence-corrected chi connectivity index (χ3v) is 3.25. The molecule has 0 amide bonds. The van der Waals surface area contributed by atoms with Crippen molar-refractivity contribution >= 4 is 15.9 Å². The van der Waals surface area contributed by atoms with Gasteiger partial charge in [-0.25, -0.2) is 0 Å². The van der Waals surface area contributed by atoms with E-state index < -0.39 is 17.8 Å². The fourth-order valence-corrected chi connectivity index (χ4v) is 2.16. The van der Waals surface area contributed by atoms with Crippen LogP contribution >= 0.6 is 15.9 Å². The number of halogens is 4. The minimum Gasteiger partial charge on any atom is -0.271 e. The molecule has 1 atom stereocenters. The second kappa shape index (κ2) is 6.54. The van der Waals surface area contributed by atoms with Crippen molar-refractivity contribution in [1.82, 2.24) is 5.43 Å². The first-order valence-electron chi connectivity index (χ1n) is 5.73. The van der Waals surface area contributed by atoms with Crippen molar-refractivity contribution in [3.8, 4) is 0 Å². The van der Waals surface area contributed by atoms with Crippen LogP contribution in [-0.4, -0.2) is 0 Å². The molecule has 6 heteroatoms. The Bertz CT molecular complexity index is 458. The Morgan fingerprint density at radius 3 is 2.58 bits per heavy atom. The molecule has 0 aromatic heterocycles. The zero-order chi connectivity index (χ0) is 14.6. The quantitative estimate of drug-likeness (QED) is 0.477. The van der Waals surface area contributed by atoms with E-state index in [2.05, 4.69) is 27.9 Å². The number of allylic oxidation sites excluding steroid dienone is 1. The molecule has 0 aliphatic rings. The number of rotatable bonds is 5. The first kappa shape index (κ1) is 16.2. The van der Waals surface area contributed by atoms with E-state index in [1.807, 2.05) is 6.92 Å². The van der Waals surface area contributed by atoms with E-state index in [0.717, 1.165) is 11.6 Å². The van der Waals surface area contributed by atoms with Gasteiger partial charge in [0.25, 0.3) is 0 Å². The van der Waals surface area contributed by atoms with Gasteiger partial charge in [-0.2, -0.15) is 13.2 Å². The summed E-state index contributed by atoms with van der Waals surface area (Å²) in [5, 5.41) is 0. The van der Waals surface area contributed by atoms with Crippen molar-refractivity contribution in [3.63, 3.8) is 0 Å². The van der Waals surface area contributed by atoms with E-state index in [1.165, 1.54) is 6.07 Å². The van der Waals surface area contributed by atoms with Crippen molar-refractivity contribution < 1.29 is 13.2 Å². The molecule has 1 unspecified atom stereocenters. The van der Waals surface area contributed by atoms with Crippen LogP contribution in [0.1, 0.15) is 36.9 Å². The Hall–Kier alpha value is -0.850. The van der Waals surface area contributed by atoms with E-state index in [1.54, 1.807) is 6.07 Å². The number of hydrazine groups is 1. The van der Waals surface area contributed by atoms with Gasteiger partial charge in [0.1, 0.15) is 0 Å². The van der Waals surface area contributed by atoms with Crippen molar-refractivity contribution in [1.29, 1.82) is 0 Å². The van der Waals surface area contributed by atoms with E-state index in [9.17, 15) is 13.2 Å². The predicted molar refractivity (Wildman–Crippen MR) is 73.3 cm³/mol. The summed E-state index contributed by atoms with van der Waals surface area (Å²) in [6, 6.07) is 3.54. The lowest BCUT2D eigenvalue weighted by atomic mass is 9.95. The molecule has 0 aliphatic heterocycles. The second-order valence-electron chi connectivity index (χ2n) is 4.44. The smallest absolute Gasteiger partial charge is 0.271 e. The Morgan fingerprint density at radius 1 is 1.47 bits per heavy atom. The summed E-state index contributed by atoms with van der Waals surface area (Å²) in [7, 11) is 0. The van der Waals surface area contributed by atoms with Crippen LogP contribution in [-0.2, 0) is 6.18 Å². The molecule has 0 bridgehead atoms. The van der Waals surface area contributed by atoms with Gasteiger partial charge in [0, 0.05) is 10.5 Å². The van der Waals surface area contributed by atoms with Gasteiger partial charge in [-0.05, 0) is 37.5 Å². The molecular formula is C13H16BrF3N2. The third kappa shape index (κ3) is 4.63. The molecule has 2 nitrogen and oxygen atoms in total. The van der Waals surface area contributed by atoms with Gasteiger partial charge in [0.15, 0.2) is 0 Å². The van der Waals surface area contributed by atoms with Crippen LogP contribution in [0.3, 0.4) is 0 Å². The average molecular weight is 337 g/mol. The lowest BCUT2D eigenvalue weighted by Crippen LogP contribution is -2.30. The summed E-state index contributed by atoms with van der Waals surface area (Å²) in [5.41, 5.74) is 2.84. The van der Waals surface area contributed by atoms with E-state index in [0.29, 0.717) is 17.3 Å². The normalized spacial score (nSPS) is 13.4. The predicted octanol–water partition coefficient (Wildman–Crippen LogP) is 4.33. The Balaban J connectivity index is 3.12. The van der Waals surface area contributed by atoms with E-state index >= 15 is 0 Å². The maximum atomic E-state index is 13.0. The van der Waals surface area contributed by atoms with Gasteiger partial charge in [-0.15, -0.1) is 6.58 Å². The number of alkyl halides is 3. The molecule has 0 aliphatic carbocycles. The number of nitrogens with one attached hydrogen (secondary N) is 1. The number of hydrogen-bond acceptors (Lipinski definition) is 2.